The molecule has 5 nitrogen and oxygen atoms in total. The van der Waals surface area contributed by atoms with Gasteiger partial charge in [0.25, 0.3) is 0 Å². The Hall–Kier alpha value is -1.30. The number of aliphatic hydroxyl groups is 1. The number of primary amides is 1. The Balaban J connectivity index is 1.93. The van der Waals surface area contributed by atoms with E-state index in [9.17, 15) is 9.90 Å². The van der Waals surface area contributed by atoms with E-state index in [1.54, 1.807) is 11.0 Å². The summed E-state index contributed by atoms with van der Waals surface area (Å²) in [6.45, 7) is 3.34. The lowest BCUT2D eigenvalue weighted by Gasteiger charge is -2.24. The molecule has 1 fully saturated rings. The van der Waals surface area contributed by atoms with Crippen LogP contribution in [0.4, 0.5) is 4.79 Å². The molecule has 2 rings (SSSR count). The first-order valence-electron chi connectivity index (χ1n) is 6.77. The maximum atomic E-state index is 11.2. The highest BCUT2D eigenvalue weighted by Crippen LogP contribution is 2.23. The molecule has 1 atom stereocenters. The van der Waals surface area contributed by atoms with Gasteiger partial charge in [0.15, 0.2) is 0 Å². The summed E-state index contributed by atoms with van der Waals surface area (Å²) in [6, 6.07) is 6.94. The molecule has 0 aromatic heterocycles. The number of aliphatic hydroxyl groups excluding tert-OH is 1. The summed E-state index contributed by atoms with van der Waals surface area (Å²) in [5.74, 6) is 0. The van der Waals surface area contributed by atoms with Crippen molar-refractivity contribution in [2.45, 2.75) is 12.5 Å². The van der Waals surface area contributed by atoms with E-state index in [0.717, 1.165) is 18.5 Å². The molecule has 3 N–H and O–H groups in total. The van der Waals surface area contributed by atoms with Crippen molar-refractivity contribution in [3.63, 3.8) is 0 Å². The SMILES string of the molecule is NC(=O)N1CCCN(CC(O)c2ccccc2Cl)CC1. The van der Waals surface area contributed by atoms with Crippen LogP contribution in [0.15, 0.2) is 24.3 Å². The van der Waals surface area contributed by atoms with Crippen LogP contribution < -0.4 is 5.73 Å². The highest BCUT2D eigenvalue weighted by atomic mass is 35.5. The van der Waals surface area contributed by atoms with Gasteiger partial charge >= 0.3 is 6.03 Å². The van der Waals surface area contributed by atoms with Crippen LogP contribution in [0, 0.1) is 0 Å². The number of carbonyl (C=O) groups is 1. The quantitative estimate of drug-likeness (QED) is 0.887. The Kier molecular flexibility index (Phi) is 5.23. The molecular formula is C14H20ClN3O2. The van der Waals surface area contributed by atoms with Gasteiger partial charge in [0.05, 0.1) is 6.10 Å². The predicted molar refractivity (Wildman–Crippen MR) is 78.6 cm³/mol. The fourth-order valence-corrected chi connectivity index (χ4v) is 2.72. The van der Waals surface area contributed by atoms with Crippen molar-refractivity contribution in [2.24, 2.45) is 5.73 Å². The molecule has 0 radical (unpaired) electrons. The first kappa shape index (κ1) is 15.1. The van der Waals surface area contributed by atoms with Gasteiger partial charge in [-0.25, -0.2) is 4.79 Å². The van der Waals surface area contributed by atoms with E-state index in [4.69, 9.17) is 17.3 Å². The molecule has 1 aliphatic rings. The lowest BCUT2D eigenvalue weighted by atomic mass is 10.1. The van der Waals surface area contributed by atoms with Crippen LogP contribution in [-0.2, 0) is 0 Å². The van der Waals surface area contributed by atoms with Crippen molar-refractivity contribution in [3.05, 3.63) is 34.9 Å². The van der Waals surface area contributed by atoms with Crippen LogP contribution >= 0.6 is 11.6 Å². The van der Waals surface area contributed by atoms with E-state index >= 15 is 0 Å². The number of carbonyl (C=O) groups excluding carboxylic acids is 1. The van der Waals surface area contributed by atoms with Gasteiger partial charge in [-0.15, -0.1) is 0 Å². The fraction of sp³-hybridized carbons (Fsp3) is 0.500. The first-order chi connectivity index (χ1) is 9.58. The predicted octanol–water partition coefficient (Wildman–Crippen LogP) is 1.46. The summed E-state index contributed by atoms with van der Waals surface area (Å²) in [5.41, 5.74) is 6.04. The molecule has 1 heterocycles. The van der Waals surface area contributed by atoms with Gasteiger partial charge in [-0.3, -0.25) is 4.90 Å². The molecule has 1 unspecified atom stereocenters. The van der Waals surface area contributed by atoms with Crippen molar-refractivity contribution in [1.29, 1.82) is 0 Å². The molecule has 1 aromatic carbocycles. The zero-order valence-electron chi connectivity index (χ0n) is 11.3. The molecule has 1 aromatic rings. The van der Waals surface area contributed by atoms with Crippen LogP contribution in [0.1, 0.15) is 18.1 Å². The van der Waals surface area contributed by atoms with Crippen molar-refractivity contribution < 1.29 is 9.90 Å². The largest absolute Gasteiger partial charge is 0.387 e. The molecule has 0 spiro atoms. The maximum Gasteiger partial charge on any atom is 0.314 e. The molecule has 1 aliphatic heterocycles. The molecule has 20 heavy (non-hydrogen) atoms. The van der Waals surface area contributed by atoms with E-state index in [1.165, 1.54) is 0 Å². The van der Waals surface area contributed by atoms with Crippen LogP contribution in [0.3, 0.4) is 0 Å². The van der Waals surface area contributed by atoms with Gasteiger partial charge < -0.3 is 15.7 Å². The summed E-state index contributed by atoms with van der Waals surface area (Å²) in [6.07, 6.45) is 0.238. The topological polar surface area (TPSA) is 69.8 Å². The monoisotopic (exact) mass is 297 g/mol. The molecule has 6 heteroatoms. The third-order valence-electron chi connectivity index (χ3n) is 3.60. The summed E-state index contributed by atoms with van der Waals surface area (Å²) in [5, 5.41) is 10.9. The number of hydrogen-bond donors (Lipinski definition) is 2. The minimum atomic E-state index is -0.621. The average molecular weight is 298 g/mol. The van der Waals surface area contributed by atoms with Crippen LogP contribution in [0.25, 0.3) is 0 Å². The third-order valence-corrected chi connectivity index (χ3v) is 3.94. The highest BCUT2D eigenvalue weighted by Gasteiger charge is 2.20. The molecule has 0 saturated carbocycles. The van der Waals surface area contributed by atoms with Gasteiger partial charge in [-0.2, -0.15) is 0 Å². The zero-order chi connectivity index (χ0) is 14.5. The highest BCUT2D eigenvalue weighted by molar-refractivity contribution is 6.31. The molecule has 0 bridgehead atoms. The second kappa shape index (κ2) is 6.92. The Bertz CT molecular complexity index is 469. The van der Waals surface area contributed by atoms with Crippen LogP contribution in [-0.4, -0.2) is 53.7 Å². The average Bonchev–Trinajstić information content (AvgIpc) is 2.65. The number of β-amino-alcohol motifs (C(OH)–C–C–N with tert-alkyl or cyclic N) is 1. The van der Waals surface area contributed by atoms with Gasteiger partial charge in [0.1, 0.15) is 0 Å². The smallest absolute Gasteiger partial charge is 0.314 e. The van der Waals surface area contributed by atoms with E-state index in [-0.39, 0.29) is 6.03 Å². The van der Waals surface area contributed by atoms with Crippen molar-refractivity contribution >= 4 is 17.6 Å². The van der Waals surface area contributed by atoms with E-state index < -0.39 is 6.10 Å². The summed E-state index contributed by atoms with van der Waals surface area (Å²) in [4.78, 5) is 14.9. The van der Waals surface area contributed by atoms with E-state index in [2.05, 4.69) is 4.90 Å². The van der Waals surface area contributed by atoms with Gasteiger partial charge in [0, 0.05) is 43.3 Å². The van der Waals surface area contributed by atoms with E-state index in [0.29, 0.717) is 31.2 Å². The van der Waals surface area contributed by atoms with Gasteiger partial charge in [-0.05, 0) is 12.5 Å². The summed E-state index contributed by atoms with van der Waals surface area (Å²) >= 11 is 6.09. The molecule has 0 aliphatic carbocycles. The lowest BCUT2D eigenvalue weighted by molar-refractivity contribution is 0.115. The van der Waals surface area contributed by atoms with Crippen molar-refractivity contribution in [3.8, 4) is 0 Å². The first-order valence-corrected chi connectivity index (χ1v) is 7.15. The minimum absolute atomic E-state index is 0.376. The third kappa shape index (κ3) is 3.85. The number of amides is 2. The normalized spacial score (nSPS) is 18.6. The number of urea groups is 1. The summed E-state index contributed by atoms with van der Waals surface area (Å²) < 4.78 is 0. The Morgan fingerprint density at radius 3 is 2.75 bits per heavy atom. The number of benzene rings is 1. The molecule has 2 amide bonds. The second-order valence-electron chi connectivity index (χ2n) is 5.02. The Morgan fingerprint density at radius 2 is 2.05 bits per heavy atom. The van der Waals surface area contributed by atoms with Crippen molar-refractivity contribution in [1.82, 2.24) is 9.80 Å². The number of nitrogens with two attached hydrogens (primary N) is 1. The standard InChI is InChI=1S/C14H20ClN3O2/c15-12-5-2-1-4-11(12)13(19)10-17-6-3-7-18(9-8-17)14(16)20/h1-2,4-5,13,19H,3,6-10H2,(H2,16,20). The number of hydrogen-bond acceptors (Lipinski definition) is 3. The second-order valence-corrected chi connectivity index (χ2v) is 5.42. The van der Waals surface area contributed by atoms with Crippen LogP contribution in [0.2, 0.25) is 5.02 Å². The zero-order valence-corrected chi connectivity index (χ0v) is 12.1. The molecule has 1 saturated heterocycles. The Morgan fingerprint density at radius 1 is 1.30 bits per heavy atom. The lowest BCUT2D eigenvalue weighted by Crippen LogP contribution is -2.39. The summed E-state index contributed by atoms with van der Waals surface area (Å²) in [7, 11) is 0. The van der Waals surface area contributed by atoms with Crippen LogP contribution in [0.5, 0.6) is 0 Å². The van der Waals surface area contributed by atoms with Gasteiger partial charge in [-0.1, -0.05) is 29.8 Å². The Labute approximate surface area is 123 Å². The minimum Gasteiger partial charge on any atom is -0.387 e. The van der Waals surface area contributed by atoms with Gasteiger partial charge in [0.2, 0.25) is 0 Å². The van der Waals surface area contributed by atoms with E-state index in [1.807, 2.05) is 18.2 Å². The maximum absolute atomic E-state index is 11.2. The molecule has 110 valence electrons. The molecular weight excluding hydrogens is 278 g/mol. The number of nitrogens with zero attached hydrogens (tertiary/aromatic N) is 2. The number of halogens is 1. The fourth-order valence-electron chi connectivity index (χ4n) is 2.46. The number of rotatable bonds is 3. The van der Waals surface area contributed by atoms with Crippen molar-refractivity contribution in [2.75, 3.05) is 32.7 Å².